The third-order valence-electron chi connectivity index (χ3n) is 2.92. The Kier molecular flexibility index (Phi) is 5.63. The first-order valence-electron chi connectivity index (χ1n) is 6.62. The van der Waals surface area contributed by atoms with E-state index in [0.29, 0.717) is 12.6 Å². The Bertz CT molecular complexity index is 375. The summed E-state index contributed by atoms with van der Waals surface area (Å²) >= 11 is 0. The third kappa shape index (κ3) is 4.67. The van der Waals surface area contributed by atoms with E-state index in [1.165, 1.54) is 16.8 Å². The lowest BCUT2D eigenvalue weighted by Crippen LogP contribution is -2.27. The number of hydrogen-bond acceptors (Lipinski definition) is 3. The van der Waals surface area contributed by atoms with Crippen molar-refractivity contribution < 1.29 is 5.11 Å². The van der Waals surface area contributed by atoms with E-state index < -0.39 is 0 Å². The first-order chi connectivity index (χ1) is 8.40. The molecule has 0 heterocycles. The molecule has 1 aromatic carbocycles. The van der Waals surface area contributed by atoms with Gasteiger partial charge in [0.1, 0.15) is 0 Å². The smallest absolute Gasteiger partial charge is 0.0686 e. The van der Waals surface area contributed by atoms with Gasteiger partial charge in [-0.25, -0.2) is 0 Å². The van der Waals surface area contributed by atoms with Crippen molar-refractivity contribution in [3.05, 3.63) is 29.3 Å². The average molecular weight is 250 g/mol. The number of benzene rings is 1. The molecule has 0 fully saturated rings. The van der Waals surface area contributed by atoms with E-state index in [0.717, 1.165) is 6.54 Å². The van der Waals surface area contributed by atoms with Crippen molar-refractivity contribution in [2.24, 2.45) is 0 Å². The van der Waals surface area contributed by atoms with Crippen molar-refractivity contribution >= 4 is 5.69 Å². The Labute approximate surface area is 111 Å². The monoisotopic (exact) mass is 250 g/mol. The van der Waals surface area contributed by atoms with E-state index >= 15 is 0 Å². The van der Waals surface area contributed by atoms with Crippen LogP contribution in [0.1, 0.15) is 31.9 Å². The molecule has 2 N–H and O–H groups in total. The summed E-state index contributed by atoms with van der Waals surface area (Å²) in [6.07, 6.45) is -0.309. The zero-order chi connectivity index (χ0) is 13.7. The molecule has 18 heavy (non-hydrogen) atoms. The van der Waals surface area contributed by atoms with Gasteiger partial charge < -0.3 is 15.3 Å². The molecule has 1 aromatic rings. The molecule has 3 heteroatoms. The fourth-order valence-corrected chi connectivity index (χ4v) is 2.07. The molecule has 0 amide bonds. The number of rotatable bonds is 6. The molecule has 0 saturated heterocycles. The van der Waals surface area contributed by atoms with Crippen LogP contribution in [0.3, 0.4) is 0 Å². The summed E-state index contributed by atoms with van der Waals surface area (Å²) in [5.74, 6) is 0. The second-order valence-electron chi connectivity index (χ2n) is 5.39. The lowest BCUT2D eigenvalue weighted by atomic mass is 10.1. The van der Waals surface area contributed by atoms with E-state index in [9.17, 15) is 5.11 Å². The summed E-state index contributed by atoms with van der Waals surface area (Å²) in [7, 11) is 2.01. The highest BCUT2D eigenvalue weighted by Gasteiger charge is 2.07. The Balaban J connectivity index is 2.73. The molecule has 1 unspecified atom stereocenters. The van der Waals surface area contributed by atoms with Crippen LogP contribution in [0.25, 0.3) is 0 Å². The molecule has 0 aromatic heterocycles. The number of nitrogens with one attached hydrogen (secondary N) is 1. The van der Waals surface area contributed by atoms with Crippen molar-refractivity contribution in [2.75, 3.05) is 18.5 Å². The molecular weight excluding hydrogens is 224 g/mol. The highest BCUT2D eigenvalue weighted by molar-refractivity contribution is 5.54. The molecule has 1 rings (SSSR count). The number of aryl methyl sites for hydroxylation is 1. The van der Waals surface area contributed by atoms with Gasteiger partial charge in [0.2, 0.25) is 0 Å². The van der Waals surface area contributed by atoms with E-state index in [4.69, 9.17) is 0 Å². The second kappa shape index (κ2) is 6.76. The Morgan fingerprint density at radius 2 is 1.94 bits per heavy atom. The molecule has 102 valence electrons. The number of anilines is 1. The van der Waals surface area contributed by atoms with Crippen molar-refractivity contribution in [1.29, 1.82) is 0 Å². The summed E-state index contributed by atoms with van der Waals surface area (Å²) in [5, 5.41) is 12.8. The van der Waals surface area contributed by atoms with E-state index in [1.54, 1.807) is 0 Å². The van der Waals surface area contributed by atoms with E-state index in [2.05, 4.69) is 49.2 Å². The van der Waals surface area contributed by atoms with Crippen molar-refractivity contribution in [3.8, 4) is 0 Å². The molecule has 0 aliphatic heterocycles. The minimum absolute atomic E-state index is 0.309. The minimum atomic E-state index is -0.309. The van der Waals surface area contributed by atoms with Crippen LogP contribution in [0.4, 0.5) is 5.69 Å². The van der Waals surface area contributed by atoms with Gasteiger partial charge in [0.05, 0.1) is 6.10 Å². The van der Waals surface area contributed by atoms with Gasteiger partial charge in [0.15, 0.2) is 0 Å². The van der Waals surface area contributed by atoms with E-state index in [-0.39, 0.29) is 6.10 Å². The van der Waals surface area contributed by atoms with Gasteiger partial charge in [-0.15, -0.1) is 0 Å². The van der Waals surface area contributed by atoms with Crippen LogP contribution >= 0.6 is 0 Å². The third-order valence-corrected chi connectivity index (χ3v) is 2.92. The van der Waals surface area contributed by atoms with Crippen LogP contribution in [-0.2, 0) is 6.54 Å². The maximum atomic E-state index is 9.42. The standard InChI is InChI=1S/C15H26N2O/c1-11(2)16-9-14-6-7-15(12(3)8-14)17(5)10-13(4)18/h6-8,11,13,16,18H,9-10H2,1-5H3. The Hall–Kier alpha value is -1.06. The molecule has 0 aliphatic rings. The second-order valence-corrected chi connectivity index (χ2v) is 5.39. The summed E-state index contributed by atoms with van der Waals surface area (Å²) in [6.45, 7) is 9.79. The fraction of sp³-hybridized carbons (Fsp3) is 0.600. The van der Waals surface area contributed by atoms with Crippen LogP contribution in [0.15, 0.2) is 18.2 Å². The largest absolute Gasteiger partial charge is 0.392 e. The zero-order valence-corrected chi connectivity index (χ0v) is 12.2. The van der Waals surface area contributed by atoms with E-state index in [1.807, 2.05) is 14.0 Å². The SMILES string of the molecule is Cc1cc(CNC(C)C)ccc1N(C)CC(C)O. The summed E-state index contributed by atoms with van der Waals surface area (Å²) in [6, 6.07) is 7.00. The summed E-state index contributed by atoms with van der Waals surface area (Å²) in [4.78, 5) is 2.10. The highest BCUT2D eigenvalue weighted by Crippen LogP contribution is 2.20. The van der Waals surface area contributed by atoms with Gasteiger partial charge in [-0.3, -0.25) is 0 Å². The predicted octanol–water partition coefficient (Wildman–Crippen LogP) is 2.31. The van der Waals surface area contributed by atoms with Crippen LogP contribution in [-0.4, -0.2) is 30.8 Å². The molecule has 3 nitrogen and oxygen atoms in total. The maximum Gasteiger partial charge on any atom is 0.0686 e. The van der Waals surface area contributed by atoms with Gasteiger partial charge >= 0.3 is 0 Å². The molecule has 0 bridgehead atoms. The fourth-order valence-electron chi connectivity index (χ4n) is 2.07. The molecule has 0 aliphatic carbocycles. The maximum absolute atomic E-state index is 9.42. The quantitative estimate of drug-likeness (QED) is 0.813. The molecule has 1 atom stereocenters. The van der Waals surface area contributed by atoms with Crippen LogP contribution in [0.2, 0.25) is 0 Å². The number of nitrogens with zero attached hydrogens (tertiary/aromatic N) is 1. The van der Waals surface area contributed by atoms with Crippen molar-refractivity contribution in [3.63, 3.8) is 0 Å². The van der Waals surface area contributed by atoms with Gasteiger partial charge in [-0.05, 0) is 31.0 Å². The van der Waals surface area contributed by atoms with Gasteiger partial charge in [-0.1, -0.05) is 26.0 Å². The minimum Gasteiger partial charge on any atom is -0.392 e. The van der Waals surface area contributed by atoms with Gasteiger partial charge in [0, 0.05) is 31.9 Å². The first kappa shape index (κ1) is 15.0. The number of hydrogen-bond donors (Lipinski definition) is 2. The summed E-state index contributed by atoms with van der Waals surface area (Å²) < 4.78 is 0. The van der Waals surface area contributed by atoms with Crippen molar-refractivity contribution in [2.45, 2.75) is 46.4 Å². The lowest BCUT2D eigenvalue weighted by Gasteiger charge is -2.23. The summed E-state index contributed by atoms with van der Waals surface area (Å²) in [5.41, 5.74) is 3.74. The lowest BCUT2D eigenvalue weighted by molar-refractivity contribution is 0.201. The first-order valence-corrected chi connectivity index (χ1v) is 6.62. The average Bonchev–Trinajstić information content (AvgIpc) is 2.25. The molecular formula is C15H26N2O. The predicted molar refractivity (Wildman–Crippen MR) is 78.1 cm³/mol. The van der Waals surface area contributed by atoms with Crippen LogP contribution in [0, 0.1) is 6.92 Å². The molecule has 0 radical (unpaired) electrons. The van der Waals surface area contributed by atoms with Crippen LogP contribution < -0.4 is 10.2 Å². The molecule has 0 saturated carbocycles. The number of likely N-dealkylation sites (N-methyl/N-ethyl adjacent to an activating group) is 1. The van der Waals surface area contributed by atoms with Crippen LogP contribution in [0.5, 0.6) is 0 Å². The van der Waals surface area contributed by atoms with Crippen molar-refractivity contribution in [1.82, 2.24) is 5.32 Å². The van der Waals surface area contributed by atoms with Gasteiger partial charge in [0.25, 0.3) is 0 Å². The highest BCUT2D eigenvalue weighted by atomic mass is 16.3. The molecule has 0 spiro atoms. The number of aliphatic hydroxyl groups excluding tert-OH is 1. The zero-order valence-electron chi connectivity index (χ0n) is 12.2. The Morgan fingerprint density at radius 1 is 1.28 bits per heavy atom. The topological polar surface area (TPSA) is 35.5 Å². The normalized spacial score (nSPS) is 12.8. The number of aliphatic hydroxyl groups is 1. The van der Waals surface area contributed by atoms with Gasteiger partial charge in [-0.2, -0.15) is 0 Å². The Morgan fingerprint density at radius 3 is 2.44 bits per heavy atom.